The summed E-state index contributed by atoms with van der Waals surface area (Å²) in [4.78, 5) is 14.2. The summed E-state index contributed by atoms with van der Waals surface area (Å²) in [5, 5.41) is 0. The lowest BCUT2D eigenvalue weighted by molar-refractivity contribution is 0.1000. The van der Waals surface area contributed by atoms with Gasteiger partial charge in [-0.3, -0.25) is 9.69 Å². The van der Waals surface area contributed by atoms with Gasteiger partial charge in [0.05, 0.1) is 0 Å². The maximum atomic E-state index is 11.5. The molecule has 2 fully saturated rings. The number of amides is 1. The van der Waals surface area contributed by atoms with E-state index in [0.29, 0.717) is 23.6 Å². The summed E-state index contributed by atoms with van der Waals surface area (Å²) < 4.78 is 0. The number of nitrogens with zero attached hydrogens (tertiary/aromatic N) is 1. The van der Waals surface area contributed by atoms with Gasteiger partial charge in [-0.1, -0.05) is 42.5 Å². The summed E-state index contributed by atoms with van der Waals surface area (Å²) >= 11 is 0. The van der Waals surface area contributed by atoms with Crippen LogP contribution in [0.15, 0.2) is 54.6 Å². The maximum absolute atomic E-state index is 11.5. The van der Waals surface area contributed by atoms with E-state index in [2.05, 4.69) is 35.2 Å². The summed E-state index contributed by atoms with van der Waals surface area (Å²) in [7, 11) is 0. The van der Waals surface area contributed by atoms with Gasteiger partial charge in [-0.2, -0.15) is 0 Å². The van der Waals surface area contributed by atoms with Gasteiger partial charge in [-0.25, -0.2) is 0 Å². The number of primary amides is 1. The minimum absolute atomic E-state index is 0.172. The molecule has 2 aliphatic heterocycles. The standard InChI is InChI=1S/C23H29N3O/c24-20(11-16-5-2-1-3-6-16)15-26-21-9-10-22(26)14-19(13-21)17-7-4-8-18(12-17)23(25)27/h1-8,12,19-22H,9-11,13-15,24H2,(H2,25,27)/t19?,20?,21-,22+. The normalized spacial score (nSPS) is 26.0. The van der Waals surface area contributed by atoms with E-state index in [1.165, 1.54) is 24.0 Å². The molecular formula is C23H29N3O. The molecule has 4 nitrogen and oxygen atoms in total. The zero-order valence-corrected chi connectivity index (χ0v) is 15.8. The molecule has 2 saturated heterocycles. The molecule has 27 heavy (non-hydrogen) atoms. The van der Waals surface area contributed by atoms with Crippen LogP contribution in [0.4, 0.5) is 0 Å². The lowest BCUT2D eigenvalue weighted by Gasteiger charge is -2.40. The number of carbonyl (C=O) groups is 1. The molecule has 4 rings (SSSR count). The molecule has 4 N–H and O–H groups in total. The van der Waals surface area contributed by atoms with E-state index in [1.807, 2.05) is 18.2 Å². The zero-order chi connectivity index (χ0) is 18.8. The predicted molar refractivity (Wildman–Crippen MR) is 109 cm³/mol. The first-order valence-electron chi connectivity index (χ1n) is 10.0. The molecule has 4 heteroatoms. The minimum Gasteiger partial charge on any atom is -0.366 e. The van der Waals surface area contributed by atoms with Gasteiger partial charge in [0.15, 0.2) is 0 Å². The summed E-state index contributed by atoms with van der Waals surface area (Å²) in [5.41, 5.74) is 15.1. The molecule has 4 atom stereocenters. The molecule has 2 heterocycles. The Hall–Kier alpha value is -2.17. The van der Waals surface area contributed by atoms with E-state index in [0.717, 1.165) is 25.8 Å². The van der Waals surface area contributed by atoms with Crippen LogP contribution < -0.4 is 11.5 Å². The monoisotopic (exact) mass is 363 g/mol. The first-order chi connectivity index (χ1) is 13.1. The van der Waals surface area contributed by atoms with Gasteiger partial charge in [0.2, 0.25) is 5.91 Å². The highest BCUT2D eigenvalue weighted by atomic mass is 16.1. The number of hydrogen-bond acceptors (Lipinski definition) is 3. The van der Waals surface area contributed by atoms with Gasteiger partial charge >= 0.3 is 0 Å². The Morgan fingerprint density at radius 1 is 1.04 bits per heavy atom. The van der Waals surface area contributed by atoms with Crippen molar-refractivity contribution >= 4 is 5.91 Å². The van der Waals surface area contributed by atoms with Crippen molar-refractivity contribution in [3.63, 3.8) is 0 Å². The third kappa shape index (κ3) is 4.07. The average Bonchev–Trinajstić information content (AvgIpc) is 2.90. The second-order valence-electron chi connectivity index (χ2n) is 8.19. The Kier molecular flexibility index (Phi) is 5.28. The van der Waals surface area contributed by atoms with E-state index >= 15 is 0 Å². The second kappa shape index (κ2) is 7.83. The van der Waals surface area contributed by atoms with Crippen LogP contribution in [0.1, 0.15) is 53.1 Å². The number of fused-ring (bicyclic) bond motifs is 2. The molecule has 2 aliphatic rings. The minimum atomic E-state index is -0.343. The number of nitrogens with two attached hydrogens (primary N) is 2. The van der Waals surface area contributed by atoms with Gasteiger partial charge in [-0.05, 0) is 61.3 Å². The summed E-state index contributed by atoms with van der Waals surface area (Å²) in [6.07, 6.45) is 5.75. The largest absolute Gasteiger partial charge is 0.366 e. The van der Waals surface area contributed by atoms with E-state index in [1.54, 1.807) is 6.07 Å². The van der Waals surface area contributed by atoms with Crippen molar-refractivity contribution in [2.45, 2.75) is 56.1 Å². The molecule has 2 bridgehead atoms. The molecular weight excluding hydrogens is 334 g/mol. The van der Waals surface area contributed by atoms with Crippen LogP contribution in [0.3, 0.4) is 0 Å². The topological polar surface area (TPSA) is 72.4 Å². The van der Waals surface area contributed by atoms with E-state index < -0.39 is 0 Å². The molecule has 1 amide bonds. The third-order valence-corrected chi connectivity index (χ3v) is 6.31. The van der Waals surface area contributed by atoms with Gasteiger partial charge in [-0.15, -0.1) is 0 Å². The first kappa shape index (κ1) is 18.2. The maximum Gasteiger partial charge on any atom is 0.248 e. The molecule has 142 valence electrons. The summed E-state index contributed by atoms with van der Waals surface area (Å²) in [5.74, 6) is 0.174. The van der Waals surface area contributed by atoms with Crippen LogP contribution >= 0.6 is 0 Å². The van der Waals surface area contributed by atoms with Crippen molar-refractivity contribution in [1.82, 2.24) is 4.90 Å². The Bertz CT molecular complexity index is 777. The van der Waals surface area contributed by atoms with Crippen LogP contribution in [0.25, 0.3) is 0 Å². The Morgan fingerprint density at radius 2 is 1.74 bits per heavy atom. The molecule has 0 aromatic heterocycles. The smallest absolute Gasteiger partial charge is 0.248 e. The lowest BCUT2D eigenvalue weighted by atomic mass is 9.84. The Balaban J connectivity index is 1.40. The molecule has 0 radical (unpaired) electrons. The number of hydrogen-bond donors (Lipinski definition) is 2. The van der Waals surface area contributed by atoms with Gasteiger partial charge in [0.25, 0.3) is 0 Å². The average molecular weight is 364 g/mol. The molecule has 0 saturated carbocycles. The van der Waals surface area contributed by atoms with Crippen LogP contribution in [-0.2, 0) is 6.42 Å². The highest BCUT2D eigenvalue weighted by Gasteiger charge is 2.41. The van der Waals surface area contributed by atoms with Gasteiger partial charge < -0.3 is 11.5 Å². The lowest BCUT2D eigenvalue weighted by Crippen LogP contribution is -2.48. The Labute approximate surface area is 161 Å². The van der Waals surface area contributed by atoms with Crippen LogP contribution in [0.5, 0.6) is 0 Å². The van der Waals surface area contributed by atoms with Gasteiger partial charge in [0.1, 0.15) is 0 Å². The summed E-state index contributed by atoms with van der Waals surface area (Å²) in [6, 6.07) is 19.8. The van der Waals surface area contributed by atoms with Crippen molar-refractivity contribution in [3.05, 3.63) is 71.3 Å². The van der Waals surface area contributed by atoms with Crippen molar-refractivity contribution in [2.24, 2.45) is 11.5 Å². The molecule has 2 aromatic rings. The summed E-state index contributed by atoms with van der Waals surface area (Å²) in [6.45, 7) is 0.971. The van der Waals surface area contributed by atoms with Crippen LogP contribution in [0, 0.1) is 0 Å². The third-order valence-electron chi connectivity index (χ3n) is 6.31. The Morgan fingerprint density at radius 3 is 2.41 bits per heavy atom. The van der Waals surface area contributed by atoms with Crippen molar-refractivity contribution < 1.29 is 4.79 Å². The fourth-order valence-electron chi connectivity index (χ4n) is 5.04. The van der Waals surface area contributed by atoms with Crippen LogP contribution in [-0.4, -0.2) is 35.5 Å². The molecule has 2 unspecified atom stereocenters. The molecule has 2 aromatic carbocycles. The molecule has 0 aliphatic carbocycles. The first-order valence-corrected chi connectivity index (χ1v) is 10.0. The van der Waals surface area contributed by atoms with Crippen molar-refractivity contribution in [3.8, 4) is 0 Å². The molecule has 0 spiro atoms. The highest BCUT2D eigenvalue weighted by Crippen LogP contribution is 2.43. The van der Waals surface area contributed by atoms with E-state index in [9.17, 15) is 4.79 Å². The van der Waals surface area contributed by atoms with Crippen molar-refractivity contribution in [1.29, 1.82) is 0 Å². The van der Waals surface area contributed by atoms with Crippen molar-refractivity contribution in [2.75, 3.05) is 6.54 Å². The number of rotatable bonds is 6. The highest BCUT2D eigenvalue weighted by molar-refractivity contribution is 5.92. The zero-order valence-electron chi connectivity index (χ0n) is 15.8. The number of benzene rings is 2. The quantitative estimate of drug-likeness (QED) is 0.828. The number of piperidine rings is 1. The van der Waals surface area contributed by atoms with E-state index in [4.69, 9.17) is 11.5 Å². The second-order valence-corrected chi connectivity index (χ2v) is 8.19. The van der Waals surface area contributed by atoms with Crippen LogP contribution in [0.2, 0.25) is 0 Å². The fourth-order valence-corrected chi connectivity index (χ4v) is 5.04. The SMILES string of the molecule is NC(=O)c1cccc(C2C[C@H]3CC[C@@H](C2)N3CC(N)Cc2ccccc2)c1. The fraction of sp³-hybridized carbons (Fsp3) is 0.435. The predicted octanol–water partition coefficient (Wildman–Crippen LogP) is 3.07. The van der Waals surface area contributed by atoms with E-state index in [-0.39, 0.29) is 11.9 Å². The van der Waals surface area contributed by atoms with Gasteiger partial charge in [0, 0.05) is 30.2 Å². The number of carbonyl (C=O) groups excluding carboxylic acids is 1.